The van der Waals surface area contributed by atoms with E-state index in [4.69, 9.17) is 0 Å². The predicted octanol–water partition coefficient (Wildman–Crippen LogP) is 2.35. The molecule has 1 aromatic heterocycles. The van der Waals surface area contributed by atoms with Crippen LogP contribution in [0.1, 0.15) is 51.2 Å². The van der Waals surface area contributed by atoms with Crippen LogP contribution < -0.4 is 4.57 Å². The van der Waals surface area contributed by atoms with Gasteiger partial charge in [0.25, 0.3) is 0 Å². The van der Waals surface area contributed by atoms with Crippen LogP contribution in [0.4, 0.5) is 0 Å². The molecule has 1 radical (unpaired) electrons. The highest BCUT2D eigenvalue weighted by Gasteiger charge is 2.21. The summed E-state index contributed by atoms with van der Waals surface area (Å²) in [6.07, 6.45) is 3.38. The second-order valence-corrected chi connectivity index (χ2v) is 4.20. The van der Waals surface area contributed by atoms with E-state index in [0.717, 1.165) is 0 Å². The van der Waals surface area contributed by atoms with E-state index in [2.05, 4.69) is 57.0 Å². The Morgan fingerprint density at radius 1 is 1.15 bits per heavy atom. The lowest BCUT2D eigenvalue weighted by molar-refractivity contribution is -0.725. The van der Waals surface area contributed by atoms with Crippen molar-refractivity contribution in [1.82, 2.24) is 4.57 Å². The minimum atomic E-state index is 0.499. The van der Waals surface area contributed by atoms with Crippen LogP contribution >= 0.6 is 0 Å². The third-order valence-electron chi connectivity index (χ3n) is 2.49. The molecule has 0 saturated heterocycles. The quantitative estimate of drug-likeness (QED) is 0.618. The lowest BCUT2D eigenvalue weighted by atomic mass is 10.3. The number of rotatable bonds is 2. The first-order valence-electron chi connectivity index (χ1n) is 4.97. The van der Waals surface area contributed by atoms with Gasteiger partial charge >= 0.3 is 6.33 Å². The molecule has 13 heavy (non-hydrogen) atoms. The Morgan fingerprint density at radius 2 is 1.69 bits per heavy atom. The van der Waals surface area contributed by atoms with E-state index >= 15 is 0 Å². The van der Waals surface area contributed by atoms with E-state index < -0.39 is 0 Å². The Hall–Kier alpha value is -0.790. The molecule has 0 unspecified atom stereocenters. The molecule has 0 aliphatic carbocycles. The van der Waals surface area contributed by atoms with E-state index in [1.807, 2.05) is 0 Å². The summed E-state index contributed by atoms with van der Waals surface area (Å²) in [5.41, 5.74) is 2.65. The summed E-state index contributed by atoms with van der Waals surface area (Å²) >= 11 is 0. The SMILES string of the molecule is Cc1c(C)[n+](C(C)C)[c]n1C(C)C. The lowest BCUT2D eigenvalue weighted by Gasteiger charge is -1.99. The van der Waals surface area contributed by atoms with E-state index in [-0.39, 0.29) is 0 Å². The highest BCUT2D eigenvalue weighted by atomic mass is 15.2. The maximum atomic E-state index is 3.38. The molecular weight excluding hydrogens is 160 g/mol. The lowest BCUT2D eigenvalue weighted by Crippen LogP contribution is -2.37. The number of hydrogen-bond donors (Lipinski definition) is 0. The Balaban J connectivity index is 3.20. The van der Waals surface area contributed by atoms with E-state index in [9.17, 15) is 0 Å². The van der Waals surface area contributed by atoms with Crippen molar-refractivity contribution in [3.63, 3.8) is 0 Å². The minimum absolute atomic E-state index is 0.499. The zero-order chi connectivity index (χ0) is 10.2. The molecule has 1 rings (SSSR count). The van der Waals surface area contributed by atoms with Gasteiger partial charge in [-0.3, -0.25) is 0 Å². The Bertz CT molecular complexity index is 267. The molecule has 0 aliphatic rings. The molecule has 0 fully saturated rings. The largest absolute Gasteiger partial charge is 0.374 e. The summed E-state index contributed by atoms with van der Waals surface area (Å²) < 4.78 is 4.41. The summed E-state index contributed by atoms with van der Waals surface area (Å²) in [7, 11) is 0. The van der Waals surface area contributed by atoms with Crippen LogP contribution in [-0.2, 0) is 0 Å². The first-order valence-corrected chi connectivity index (χ1v) is 4.97. The highest BCUT2D eigenvalue weighted by molar-refractivity contribution is 5.03. The van der Waals surface area contributed by atoms with Crippen LogP contribution in [0.2, 0.25) is 0 Å². The Labute approximate surface area is 81.2 Å². The van der Waals surface area contributed by atoms with Gasteiger partial charge in [-0.15, -0.1) is 0 Å². The minimum Gasteiger partial charge on any atom is -0.218 e. The van der Waals surface area contributed by atoms with Gasteiger partial charge in [-0.25, -0.2) is 9.13 Å². The highest BCUT2D eigenvalue weighted by Crippen LogP contribution is 2.11. The summed E-state index contributed by atoms with van der Waals surface area (Å²) in [6, 6.07) is 0.998. The monoisotopic (exact) mass is 180 g/mol. The molecule has 2 nitrogen and oxygen atoms in total. The maximum Gasteiger partial charge on any atom is 0.374 e. The Kier molecular flexibility index (Phi) is 2.79. The van der Waals surface area contributed by atoms with Crippen molar-refractivity contribution in [3.8, 4) is 0 Å². The molecule has 1 heterocycles. The van der Waals surface area contributed by atoms with Crippen LogP contribution in [0.15, 0.2) is 0 Å². The van der Waals surface area contributed by atoms with E-state index in [1.165, 1.54) is 11.4 Å². The fourth-order valence-electron chi connectivity index (χ4n) is 1.62. The normalized spacial score (nSPS) is 11.7. The fraction of sp³-hybridized carbons (Fsp3) is 0.727. The number of imidazole rings is 1. The zero-order valence-electron chi connectivity index (χ0n) is 9.55. The van der Waals surface area contributed by atoms with Gasteiger partial charge in [0.05, 0.1) is 12.1 Å². The Morgan fingerprint density at radius 3 is 1.92 bits per heavy atom. The van der Waals surface area contributed by atoms with E-state index in [1.54, 1.807) is 0 Å². The second-order valence-electron chi connectivity index (χ2n) is 4.20. The third kappa shape index (κ3) is 1.77. The first kappa shape index (κ1) is 10.3. The summed E-state index contributed by atoms with van der Waals surface area (Å²) in [5.74, 6) is 0. The second kappa shape index (κ2) is 3.52. The zero-order valence-corrected chi connectivity index (χ0v) is 9.55. The molecule has 0 aliphatic heterocycles. The van der Waals surface area contributed by atoms with Gasteiger partial charge in [0.2, 0.25) is 0 Å². The van der Waals surface area contributed by atoms with Crippen molar-refractivity contribution >= 4 is 0 Å². The number of nitrogens with zero attached hydrogens (tertiary/aromatic N) is 2. The molecule has 2 heteroatoms. The molecule has 0 spiro atoms. The number of aromatic nitrogens is 2. The van der Waals surface area contributed by atoms with E-state index in [0.29, 0.717) is 12.1 Å². The standard InChI is InChI=1S/C11H20N2/c1-8(2)12-7-13(9(3)4)11(6)10(12)5/h8-9H,1-6H3/q+1. The van der Waals surface area contributed by atoms with Crippen molar-refractivity contribution in [2.24, 2.45) is 0 Å². The molecule has 73 valence electrons. The third-order valence-corrected chi connectivity index (χ3v) is 2.49. The summed E-state index contributed by atoms with van der Waals surface area (Å²) in [5, 5.41) is 0. The molecular formula is C11H20N2+. The molecule has 0 amide bonds. The summed E-state index contributed by atoms with van der Waals surface area (Å²) in [6.45, 7) is 13.1. The van der Waals surface area contributed by atoms with Crippen molar-refractivity contribution in [1.29, 1.82) is 0 Å². The molecule has 0 atom stereocenters. The van der Waals surface area contributed by atoms with Gasteiger partial charge in [-0.1, -0.05) is 0 Å². The van der Waals surface area contributed by atoms with Gasteiger partial charge in [-0.2, -0.15) is 0 Å². The van der Waals surface area contributed by atoms with Crippen molar-refractivity contribution in [2.75, 3.05) is 0 Å². The van der Waals surface area contributed by atoms with Crippen molar-refractivity contribution in [3.05, 3.63) is 17.7 Å². The van der Waals surface area contributed by atoms with Gasteiger partial charge < -0.3 is 0 Å². The first-order chi connectivity index (χ1) is 5.95. The molecule has 1 aromatic rings. The van der Waals surface area contributed by atoms with Crippen LogP contribution in [0, 0.1) is 20.2 Å². The average molecular weight is 180 g/mol. The van der Waals surface area contributed by atoms with Crippen molar-refractivity contribution in [2.45, 2.75) is 53.6 Å². The van der Waals surface area contributed by atoms with Crippen molar-refractivity contribution < 1.29 is 4.57 Å². The van der Waals surface area contributed by atoms with Crippen LogP contribution in [0.25, 0.3) is 0 Å². The topological polar surface area (TPSA) is 8.81 Å². The summed E-state index contributed by atoms with van der Waals surface area (Å²) in [4.78, 5) is 0. The maximum absolute atomic E-state index is 3.38. The smallest absolute Gasteiger partial charge is 0.218 e. The van der Waals surface area contributed by atoms with Gasteiger partial charge in [-0.05, 0) is 27.7 Å². The van der Waals surface area contributed by atoms with Crippen LogP contribution in [0.5, 0.6) is 0 Å². The fourth-order valence-corrected chi connectivity index (χ4v) is 1.62. The molecule has 0 bridgehead atoms. The molecule has 0 N–H and O–H groups in total. The van der Waals surface area contributed by atoms with Crippen LogP contribution in [-0.4, -0.2) is 4.57 Å². The molecule has 0 saturated carbocycles. The van der Waals surface area contributed by atoms with Gasteiger partial charge in [0, 0.05) is 13.8 Å². The van der Waals surface area contributed by atoms with Gasteiger partial charge in [0.1, 0.15) is 11.4 Å². The molecule has 0 aromatic carbocycles. The predicted molar refractivity (Wildman–Crippen MR) is 53.7 cm³/mol. The van der Waals surface area contributed by atoms with Crippen LogP contribution in [0.3, 0.4) is 0 Å². The number of hydrogen-bond acceptors (Lipinski definition) is 0. The van der Waals surface area contributed by atoms with Gasteiger partial charge in [0.15, 0.2) is 0 Å². The average Bonchev–Trinajstić information content (AvgIpc) is 2.29.